The van der Waals surface area contributed by atoms with Gasteiger partial charge in [-0.1, -0.05) is 52.0 Å². The summed E-state index contributed by atoms with van der Waals surface area (Å²) in [4.78, 5) is 83.3. The Labute approximate surface area is 330 Å². The third-order valence-corrected chi connectivity index (χ3v) is 8.66. The van der Waals surface area contributed by atoms with Gasteiger partial charge in [-0.05, 0) is 50.3 Å². The molecule has 2 atom stereocenters. The zero-order valence-corrected chi connectivity index (χ0v) is 34.1. The minimum Gasteiger partial charge on any atom is -0.480 e. The molecule has 2 aromatic carbocycles. The number of thiazole rings is 2. The van der Waals surface area contributed by atoms with Crippen molar-refractivity contribution in [2.24, 2.45) is 11.8 Å². The fraction of sp³-hybridized carbons (Fsp3) is 0.294. The van der Waals surface area contributed by atoms with Crippen LogP contribution in [0.25, 0.3) is 0 Å². The quantitative estimate of drug-likeness (QED) is 0.157. The maximum atomic E-state index is 12.7. The number of hydrogen-bond acceptors (Lipinski definition) is 11. The van der Waals surface area contributed by atoms with Gasteiger partial charge in [0.1, 0.15) is 12.1 Å². The Balaban J connectivity index is 0.000000298. The van der Waals surface area contributed by atoms with Crippen LogP contribution in [0.2, 0.25) is 0 Å². The third-order valence-electron chi connectivity index (χ3n) is 7.37. The second kappa shape index (κ2) is 19.4. The van der Waals surface area contributed by atoms with Crippen molar-refractivity contribution in [1.82, 2.24) is 19.8 Å². The summed E-state index contributed by atoms with van der Waals surface area (Å²) in [5.41, 5.74) is 6.44. The predicted octanol–water partition coefficient (Wildman–Crippen LogP) is 4.65. The number of imide groups is 2. The number of rotatable bonds is 9. The molecule has 6 rings (SSSR count). The predicted molar refractivity (Wildman–Crippen MR) is 192 cm³/mol. The summed E-state index contributed by atoms with van der Waals surface area (Å²) < 4.78 is 5.25. The molecule has 2 radical (unpaired) electrons. The molecule has 17 heteroatoms. The maximum Gasteiger partial charge on any atom is 0.326 e. The Bertz CT molecular complexity index is 1780. The summed E-state index contributed by atoms with van der Waals surface area (Å²) in [6.45, 7) is 7.60. The van der Waals surface area contributed by atoms with Crippen LogP contribution in [0.4, 0.5) is 10.3 Å². The van der Waals surface area contributed by atoms with E-state index in [4.69, 9.17) is 7.07 Å². The molecule has 2 aliphatic rings. The van der Waals surface area contributed by atoms with E-state index < -0.39 is 47.6 Å². The normalized spacial score (nSPS) is 14.0. The van der Waals surface area contributed by atoms with Gasteiger partial charge in [0.25, 0.3) is 23.6 Å². The third kappa shape index (κ3) is 10.4. The summed E-state index contributed by atoms with van der Waals surface area (Å²) in [5.74, 6) is -3.21. The fourth-order valence-corrected chi connectivity index (χ4v) is 6.14. The average molecular weight is 957 g/mol. The largest absolute Gasteiger partial charge is 0.480 e. The molecule has 4 N–H and O–H groups in total. The van der Waals surface area contributed by atoms with Gasteiger partial charge in [0.05, 0.1) is 22.3 Å². The molecule has 2 unspecified atom stereocenters. The van der Waals surface area contributed by atoms with Crippen LogP contribution >= 0.6 is 22.7 Å². The molecule has 2 aromatic heterocycles. The number of nitrogens with one attached hydrogen (secondary N) is 1. The van der Waals surface area contributed by atoms with Crippen LogP contribution in [-0.4, -0.2) is 82.2 Å². The number of nitrogens with zero attached hydrogens (tertiary/aromatic N) is 4. The van der Waals surface area contributed by atoms with Gasteiger partial charge in [0.2, 0.25) is 5.91 Å². The van der Waals surface area contributed by atoms with Gasteiger partial charge in [-0.2, -0.15) is 0 Å². The Morgan fingerprint density at radius 1 is 0.765 bits per heavy atom. The molecule has 0 fully saturated rings. The number of benzene rings is 2. The van der Waals surface area contributed by atoms with Crippen LogP contribution in [0.3, 0.4) is 0 Å². The van der Waals surface area contributed by atoms with E-state index in [2.05, 4.69) is 23.7 Å². The first-order valence-corrected chi connectivity index (χ1v) is 17.1. The topological polar surface area (TPSA) is 193 Å². The molecule has 4 heterocycles. The van der Waals surface area contributed by atoms with Crippen LogP contribution in [0.15, 0.2) is 71.7 Å². The summed E-state index contributed by atoms with van der Waals surface area (Å²) in [5, 5.41) is 16.6. The van der Waals surface area contributed by atoms with Gasteiger partial charge in [0.15, 0.2) is 10.3 Å². The minimum atomic E-state index is -1.15. The number of amides is 5. The van der Waals surface area contributed by atoms with Gasteiger partial charge in [0, 0.05) is 62.6 Å². The number of carbonyl (C=O) groups is 6. The molecule has 13 nitrogen and oxygen atoms in total. The van der Waals surface area contributed by atoms with Crippen LogP contribution in [0.1, 0.15) is 82.0 Å². The number of nitrogens with two attached hydrogens (primary N) is 1. The fourth-order valence-electron chi connectivity index (χ4n) is 5.23. The van der Waals surface area contributed by atoms with Crippen molar-refractivity contribution < 1.29 is 65.0 Å². The number of nitrogen functional groups attached to an aromatic ring is 1. The van der Waals surface area contributed by atoms with Gasteiger partial charge < -0.3 is 16.2 Å². The monoisotopic (exact) mass is 956 g/mol. The Kier molecular flexibility index (Phi) is 15.7. The summed E-state index contributed by atoms with van der Waals surface area (Å²) in [6, 6.07) is 11.1. The molecule has 4 aromatic rings. The van der Waals surface area contributed by atoms with Gasteiger partial charge in [-0.25, -0.2) is 14.8 Å². The van der Waals surface area contributed by atoms with E-state index in [1.807, 2.05) is 33.1 Å². The SMILES string of the molecule is CC(C)CC(C(=O)Nc1nccs1)N1C(=O)c2ccccc2C1=O.CC(C)CC(C(=O)O)N1C(=O)c2ccccc2C1=O.Nc1nccs1.[3H][B].[U]. The molecule has 0 saturated heterocycles. The maximum absolute atomic E-state index is 12.7. The van der Waals surface area contributed by atoms with Crippen LogP contribution in [0, 0.1) is 42.9 Å². The molecule has 5 amide bonds. The van der Waals surface area contributed by atoms with Crippen LogP contribution < -0.4 is 11.1 Å². The van der Waals surface area contributed by atoms with Crippen LogP contribution in [-0.2, 0) is 9.59 Å². The number of carbonyl (C=O) groups excluding carboxylic acids is 5. The molecule has 0 saturated carbocycles. The molecule has 0 spiro atoms. The van der Waals surface area contributed by atoms with Gasteiger partial charge in [-0.3, -0.25) is 33.8 Å². The smallest absolute Gasteiger partial charge is 0.326 e. The van der Waals surface area contributed by atoms with Gasteiger partial charge >= 0.3 is 5.97 Å². The zero-order valence-electron chi connectivity index (χ0n) is 29.3. The number of carboxylic acids is 1. The Morgan fingerprint density at radius 2 is 1.16 bits per heavy atom. The first-order valence-electron chi connectivity index (χ1n) is 15.9. The van der Waals surface area contributed by atoms with E-state index in [1.54, 1.807) is 66.3 Å². The molecular formula is C34H37BN6O7S2U. The molecule has 0 aliphatic carbocycles. The summed E-state index contributed by atoms with van der Waals surface area (Å²) in [6.07, 6.45) is 3.91. The molecular weight excluding hydrogens is 917 g/mol. The Morgan fingerprint density at radius 3 is 1.47 bits per heavy atom. The molecule has 0 bridgehead atoms. The van der Waals surface area contributed by atoms with Crippen molar-refractivity contribution in [2.75, 3.05) is 11.1 Å². The van der Waals surface area contributed by atoms with Crippen LogP contribution in [0.5, 0.6) is 0 Å². The number of aliphatic carboxylic acids is 1. The zero-order chi connectivity index (χ0) is 37.8. The summed E-state index contributed by atoms with van der Waals surface area (Å²) in [7, 11) is 3.75. The van der Waals surface area contributed by atoms with Crippen molar-refractivity contribution >= 4 is 76.8 Å². The second-order valence-corrected chi connectivity index (χ2v) is 13.7. The molecule has 51 heavy (non-hydrogen) atoms. The Hall–Kier alpha value is -4.16. The number of fused-ring (bicyclic) bond motifs is 2. The number of anilines is 2. The van der Waals surface area contributed by atoms with Crippen molar-refractivity contribution in [1.29, 1.82) is 1.34 Å². The number of aromatic nitrogens is 2. The van der Waals surface area contributed by atoms with Crippen molar-refractivity contribution in [3.63, 3.8) is 0 Å². The average Bonchev–Trinajstić information content (AvgIpc) is 3.90. The van der Waals surface area contributed by atoms with Crippen molar-refractivity contribution in [3.8, 4) is 0 Å². The van der Waals surface area contributed by atoms with E-state index in [-0.39, 0.29) is 60.5 Å². The van der Waals surface area contributed by atoms with E-state index in [9.17, 15) is 33.9 Å². The summed E-state index contributed by atoms with van der Waals surface area (Å²) >= 11 is 2.73. The van der Waals surface area contributed by atoms with E-state index in [1.165, 1.54) is 22.7 Å². The molecule has 264 valence electrons. The van der Waals surface area contributed by atoms with E-state index in [0.717, 1.165) is 9.80 Å². The molecule has 2 aliphatic heterocycles. The second-order valence-electron chi connectivity index (χ2n) is 11.9. The van der Waals surface area contributed by atoms with Crippen molar-refractivity contribution in [3.05, 3.63) is 93.9 Å². The number of hydrogen-bond donors (Lipinski definition) is 3. The minimum absolute atomic E-state index is 0. The van der Waals surface area contributed by atoms with E-state index in [0.29, 0.717) is 27.8 Å². The van der Waals surface area contributed by atoms with Crippen molar-refractivity contribution in [2.45, 2.75) is 52.6 Å². The van der Waals surface area contributed by atoms with E-state index >= 15 is 0 Å². The first kappa shape index (κ1) is 41.3. The number of carboxylic acid groups (broad SMARTS) is 1. The van der Waals surface area contributed by atoms with Gasteiger partial charge in [-0.15, -0.1) is 22.7 Å². The standard InChI is InChI=1S/C17H17N3O3S.C14H15NO4.C3H4N2S.BH.U/c1-10(2)9-13(14(21)19-17-18-7-8-24-17)20-15(22)11-5-3-4-6-12(11)16(20)23;1-8(2)7-11(14(18)19)15-12(16)9-5-3-4-6-10(9)13(15)17;4-3-5-1-2-6-3;;/h3-8,10,13H,9H2,1-2H3,(H,18,19,21);3-6,8,11H,7H2,1-2H3,(H,18,19);1-2H,(H2,4,5);1H;/i;;;1T;. The first-order chi connectivity index (χ1) is 24.3.